The molecular formula is C10H11F3N2O3S. The number of aliphatic carboxylic acids is 1. The first kappa shape index (κ1) is 15.4. The summed E-state index contributed by atoms with van der Waals surface area (Å²) in [4.78, 5) is 26.3. The van der Waals surface area contributed by atoms with Gasteiger partial charge in [-0.15, -0.1) is 11.3 Å². The number of carbonyl (C=O) groups excluding carboxylic acids is 1. The molecule has 0 aliphatic carbocycles. The SMILES string of the molecule is CN(Cc1nc(C(F)(F)F)cs1)C(=O)CCC(=O)O. The lowest BCUT2D eigenvalue weighted by Crippen LogP contribution is -2.26. The average molecular weight is 296 g/mol. The molecule has 0 unspecified atom stereocenters. The molecule has 1 heterocycles. The number of nitrogens with zero attached hydrogens (tertiary/aromatic N) is 2. The number of carboxylic acids is 1. The Kier molecular flexibility index (Phi) is 4.87. The van der Waals surface area contributed by atoms with Gasteiger partial charge in [-0.05, 0) is 0 Å². The largest absolute Gasteiger partial charge is 0.481 e. The van der Waals surface area contributed by atoms with Gasteiger partial charge in [0.05, 0.1) is 13.0 Å². The number of carboxylic acid groups (broad SMARTS) is 1. The molecule has 1 N–H and O–H groups in total. The smallest absolute Gasteiger partial charge is 0.434 e. The summed E-state index contributed by atoms with van der Waals surface area (Å²) in [5.41, 5.74) is -0.987. The molecule has 0 aromatic carbocycles. The third-order valence-electron chi connectivity index (χ3n) is 2.19. The lowest BCUT2D eigenvalue weighted by atomic mass is 10.3. The van der Waals surface area contributed by atoms with Gasteiger partial charge in [0.1, 0.15) is 5.01 Å². The Morgan fingerprint density at radius 1 is 1.42 bits per heavy atom. The van der Waals surface area contributed by atoms with Gasteiger partial charge in [-0.25, -0.2) is 4.98 Å². The molecule has 0 aliphatic heterocycles. The number of alkyl halides is 3. The normalized spacial score (nSPS) is 11.4. The van der Waals surface area contributed by atoms with Gasteiger partial charge in [0.25, 0.3) is 0 Å². The molecule has 106 valence electrons. The first-order chi connectivity index (χ1) is 8.70. The minimum Gasteiger partial charge on any atom is -0.481 e. The first-order valence-corrected chi connectivity index (χ1v) is 6.05. The van der Waals surface area contributed by atoms with Gasteiger partial charge in [0.15, 0.2) is 5.69 Å². The molecular weight excluding hydrogens is 285 g/mol. The van der Waals surface area contributed by atoms with Crippen LogP contribution in [0, 0.1) is 0 Å². The Hall–Kier alpha value is -1.64. The fourth-order valence-corrected chi connectivity index (χ4v) is 2.06. The third kappa shape index (κ3) is 4.86. The fraction of sp³-hybridized carbons (Fsp3) is 0.500. The number of carbonyl (C=O) groups is 2. The molecule has 9 heteroatoms. The quantitative estimate of drug-likeness (QED) is 0.902. The van der Waals surface area contributed by atoms with E-state index in [1.165, 1.54) is 7.05 Å². The van der Waals surface area contributed by atoms with Crippen molar-refractivity contribution in [3.8, 4) is 0 Å². The average Bonchev–Trinajstić information content (AvgIpc) is 2.73. The zero-order valence-electron chi connectivity index (χ0n) is 9.90. The molecule has 0 fully saturated rings. The first-order valence-electron chi connectivity index (χ1n) is 5.17. The number of aromatic nitrogens is 1. The Morgan fingerprint density at radius 2 is 2.05 bits per heavy atom. The summed E-state index contributed by atoms with van der Waals surface area (Å²) in [7, 11) is 1.39. The van der Waals surface area contributed by atoms with Crippen LogP contribution in [0.25, 0.3) is 0 Å². The summed E-state index contributed by atoms with van der Waals surface area (Å²) in [6.07, 6.45) is -5.00. The molecule has 0 saturated heterocycles. The van der Waals surface area contributed by atoms with Crippen molar-refractivity contribution >= 4 is 23.2 Å². The van der Waals surface area contributed by atoms with Crippen molar-refractivity contribution < 1.29 is 27.9 Å². The second kappa shape index (κ2) is 6.00. The number of thiazole rings is 1. The van der Waals surface area contributed by atoms with Crippen molar-refractivity contribution in [2.75, 3.05) is 7.05 Å². The van der Waals surface area contributed by atoms with Crippen LogP contribution in [0.3, 0.4) is 0 Å². The van der Waals surface area contributed by atoms with Crippen molar-refractivity contribution in [2.45, 2.75) is 25.6 Å². The summed E-state index contributed by atoms with van der Waals surface area (Å²) < 4.78 is 36.9. The van der Waals surface area contributed by atoms with Gasteiger partial charge in [-0.1, -0.05) is 0 Å². The number of amides is 1. The molecule has 1 amide bonds. The monoisotopic (exact) mass is 296 g/mol. The van der Waals surface area contributed by atoms with E-state index in [1.54, 1.807) is 0 Å². The lowest BCUT2D eigenvalue weighted by molar-refractivity contribution is -0.141. The molecule has 0 bridgehead atoms. The van der Waals surface area contributed by atoms with Crippen LogP contribution in [0.15, 0.2) is 5.38 Å². The Balaban J connectivity index is 2.57. The molecule has 0 saturated carbocycles. The van der Waals surface area contributed by atoms with Crippen LogP contribution in [0.5, 0.6) is 0 Å². The van der Waals surface area contributed by atoms with Crippen molar-refractivity contribution in [3.63, 3.8) is 0 Å². The predicted molar refractivity (Wildman–Crippen MR) is 60.5 cm³/mol. The Bertz CT molecular complexity index is 473. The van der Waals surface area contributed by atoms with Gasteiger partial charge >= 0.3 is 12.1 Å². The topological polar surface area (TPSA) is 70.5 Å². The van der Waals surface area contributed by atoms with Crippen LogP contribution in [-0.2, 0) is 22.3 Å². The standard InChI is InChI=1S/C10H11F3N2O3S/c1-15(8(16)2-3-9(17)18)4-7-14-6(5-19-7)10(11,12)13/h5H,2-4H2,1H3,(H,17,18). The highest BCUT2D eigenvalue weighted by molar-refractivity contribution is 7.09. The summed E-state index contributed by atoms with van der Waals surface area (Å²) in [6.45, 7) is -0.0702. The van der Waals surface area contributed by atoms with Crippen LogP contribution in [0.4, 0.5) is 13.2 Å². The summed E-state index contributed by atoms with van der Waals surface area (Å²) in [5.74, 6) is -1.55. The number of halogens is 3. The predicted octanol–water partition coefficient (Wildman–Crippen LogP) is 1.99. The van der Waals surface area contributed by atoms with E-state index in [4.69, 9.17) is 5.11 Å². The Morgan fingerprint density at radius 3 is 2.53 bits per heavy atom. The fourth-order valence-electron chi connectivity index (χ4n) is 1.21. The number of hydrogen-bond donors (Lipinski definition) is 1. The van der Waals surface area contributed by atoms with Crippen molar-refractivity contribution in [1.29, 1.82) is 0 Å². The minimum absolute atomic E-state index is 0.0702. The molecule has 0 atom stereocenters. The molecule has 19 heavy (non-hydrogen) atoms. The highest BCUT2D eigenvalue weighted by Crippen LogP contribution is 2.30. The van der Waals surface area contributed by atoms with E-state index < -0.39 is 23.7 Å². The second-order valence-corrected chi connectivity index (χ2v) is 4.71. The summed E-state index contributed by atoms with van der Waals surface area (Å²) >= 11 is 0.805. The van der Waals surface area contributed by atoms with Crippen LogP contribution < -0.4 is 0 Å². The van der Waals surface area contributed by atoms with Crippen LogP contribution in [0.1, 0.15) is 23.5 Å². The zero-order chi connectivity index (χ0) is 14.6. The second-order valence-electron chi connectivity index (χ2n) is 3.77. The lowest BCUT2D eigenvalue weighted by Gasteiger charge is -2.14. The van der Waals surface area contributed by atoms with Gasteiger partial charge in [0, 0.05) is 18.8 Å². The van der Waals surface area contributed by atoms with E-state index in [0.29, 0.717) is 0 Å². The third-order valence-corrected chi connectivity index (χ3v) is 3.03. The summed E-state index contributed by atoms with van der Waals surface area (Å²) in [5, 5.41) is 9.45. The van der Waals surface area contributed by atoms with E-state index in [1.807, 2.05) is 0 Å². The highest BCUT2D eigenvalue weighted by Gasteiger charge is 2.33. The molecule has 1 aromatic rings. The molecule has 1 aromatic heterocycles. The maximum absolute atomic E-state index is 12.3. The minimum atomic E-state index is -4.50. The van der Waals surface area contributed by atoms with Gasteiger partial charge < -0.3 is 10.0 Å². The molecule has 0 aliphatic rings. The Labute approximate surface area is 110 Å². The number of hydrogen-bond acceptors (Lipinski definition) is 4. The molecule has 5 nitrogen and oxygen atoms in total. The van der Waals surface area contributed by atoms with Gasteiger partial charge in [0.2, 0.25) is 5.91 Å². The van der Waals surface area contributed by atoms with Crippen molar-refractivity contribution in [2.24, 2.45) is 0 Å². The van der Waals surface area contributed by atoms with Gasteiger partial charge in [-0.2, -0.15) is 13.2 Å². The van der Waals surface area contributed by atoms with E-state index in [0.717, 1.165) is 21.6 Å². The summed E-state index contributed by atoms with van der Waals surface area (Å²) in [6, 6.07) is 0. The maximum Gasteiger partial charge on any atom is 0.434 e. The number of rotatable bonds is 5. The zero-order valence-corrected chi connectivity index (χ0v) is 10.7. The van der Waals surface area contributed by atoms with E-state index >= 15 is 0 Å². The van der Waals surface area contributed by atoms with Crippen molar-refractivity contribution in [3.05, 3.63) is 16.1 Å². The van der Waals surface area contributed by atoms with Crippen LogP contribution in [-0.4, -0.2) is 33.9 Å². The molecule has 1 rings (SSSR count). The molecule has 0 spiro atoms. The maximum atomic E-state index is 12.3. The van der Waals surface area contributed by atoms with Crippen LogP contribution >= 0.6 is 11.3 Å². The van der Waals surface area contributed by atoms with E-state index in [9.17, 15) is 22.8 Å². The van der Waals surface area contributed by atoms with Crippen molar-refractivity contribution in [1.82, 2.24) is 9.88 Å². The molecule has 0 radical (unpaired) electrons. The van der Waals surface area contributed by atoms with Crippen LogP contribution in [0.2, 0.25) is 0 Å². The van der Waals surface area contributed by atoms with E-state index in [2.05, 4.69) is 4.98 Å². The highest BCUT2D eigenvalue weighted by atomic mass is 32.1. The van der Waals surface area contributed by atoms with Gasteiger partial charge in [-0.3, -0.25) is 9.59 Å². The van der Waals surface area contributed by atoms with E-state index in [-0.39, 0.29) is 24.4 Å².